The molecule has 0 radical (unpaired) electrons. The van der Waals surface area contributed by atoms with Gasteiger partial charge in [-0.1, -0.05) is 19.6 Å². The van der Waals surface area contributed by atoms with Crippen LogP contribution in [0.15, 0.2) is 0 Å². The summed E-state index contributed by atoms with van der Waals surface area (Å²) in [6.45, 7) is 24.0. The van der Waals surface area contributed by atoms with Gasteiger partial charge in [-0.05, 0) is 58.9 Å². The minimum atomic E-state index is -4.66. The van der Waals surface area contributed by atoms with Crippen molar-refractivity contribution in [2.45, 2.75) is 78.6 Å². The molecule has 86 heavy (non-hydrogen) atoms. The summed E-state index contributed by atoms with van der Waals surface area (Å²) in [5.74, 6) is 0. The fourth-order valence-corrected chi connectivity index (χ4v) is 359. The van der Waals surface area contributed by atoms with Gasteiger partial charge < -0.3 is 150 Å². The summed E-state index contributed by atoms with van der Waals surface area (Å²) in [5.41, 5.74) is 0. The molecule has 0 amide bonds. The maximum absolute atomic E-state index is 12.7. The predicted molar refractivity (Wildman–Crippen MR) is 321 cm³/mol. The highest BCUT2D eigenvalue weighted by Gasteiger charge is 2.58. The van der Waals surface area contributed by atoms with Crippen molar-refractivity contribution in [3.05, 3.63) is 0 Å². The highest BCUT2D eigenvalue weighted by molar-refractivity contribution is 7.84. The molecular formula is C15H48O36Si35. The lowest BCUT2D eigenvalue weighted by Gasteiger charge is -2.34. The van der Waals surface area contributed by atoms with Crippen LogP contribution in [0.25, 0.3) is 0 Å². The highest BCUT2D eigenvalue weighted by atomic mass is 30.1. The topological polar surface area (TPSA) is 560 Å². The summed E-state index contributed by atoms with van der Waals surface area (Å²) in [4.78, 5) is 0. The van der Waals surface area contributed by atoms with E-state index in [0.717, 1.165) is 21.3 Å². The van der Waals surface area contributed by atoms with E-state index in [1.165, 1.54) is 19.6 Å². The molecule has 0 spiro atoms. The van der Waals surface area contributed by atoms with Crippen LogP contribution in [0.5, 0.6) is 0 Å². The summed E-state index contributed by atoms with van der Waals surface area (Å²) in [5, 5.41) is 0. The Morgan fingerprint density at radius 3 is 0.686 bits per heavy atom. The molecule has 464 valence electrons. The van der Waals surface area contributed by atoms with E-state index in [0.29, 0.717) is 0 Å². The maximum atomic E-state index is 12.7. The van der Waals surface area contributed by atoms with Crippen LogP contribution in [-0.2, 0) is 159 Å². The van der Waals surface area contributed by atoms with Crippen molar-refractivity contribution < 1.29 is 159 Å². The van der Waals surface area contributed by atoms with E-state index < -0.39 is 278 Å². The lowest BCUT2D eigenvalue weighted by Crippen LogP contribution is -2.58. The Kier molecular flexibility index (Phi) is 43.5. The largest absolute Gasteiger partial charge is 0.667 e. The van der Waals surface area contributed by atoms with Gasteiger partial charge in [0.2, 0.25) is 9.28 Å². The molecule has 0 rings (SSSR count). The van der Waals surface area contributed by atoms with Crippen LogP contribution in [0, 0.1) is 0 Å². The van der Waals surface area contributed by atoms with Crippen LogP contribution in [0.1, 0.15) is 0 Å². The van der Waals surface area contributed by atoms with Crippen molar-refractivity contribution in [2.75, 3.05) is 21.3 Å². The average molecular weight is 1790 g/mol. The van der Waals surface area contributed by atoms with Gasteiger partial charge >= 0.3 is 235 Å². The van der Waals surface area contributed by atoms with Gasteiger partial charge in [0.05, 0.1) is 0 Å². The summed E-state index contributed by atoms with van der Waals surface area (Å²) >= 11 is 0. The van der Waals surface area contributed by atoms with Crippen LogP contribution in [0.4, 0.5) is 0 Å². The molecule has 0 N–H and O–H groups in total. The second-order valence-electron chi connectivity index (χ2n) is 19.2. The third-order valence-corrected chi connectivity index (χ3v) is 251. The van der Waals surface area contributed by atoms with Crippen molar-refractivity contribution in [2.24, 2.45) is 0 Å². The van der Waals surface area contributed by atoms with Gasteiger partial charge in [-0.25, -0.2) is 0 Å². The first kappa shape index (κ1) is 91.7. The highest BCUT2D eigenvalue weighted by Crippen LogP contribution is 2.18. The lowest BCUT2D eigenvalue weighted by atomic mass is 11.8. The van der Waals surface area contributed by atoms with Gasteiger partial charge in [-0.3, -0.25) is 8.92 Å². The molecule has 71 heteroatoms. The molecule has 0 aliphatic heterocycles. The summed E-state index contributed by atoms with van der Waals surface area (Å²) in [6.07, 6.45) is 0. The van der Waals surface area contributed by atoms with Crippen LogP contribution in [0.3, 0.4) is 0 Å². The smallest absolute Gasteiger partial charge is 0.439 e. The first-order valence-electron chi connectivity index (χ1n) is 22.7. The molecule has 0 aliphatic carbocycles. The first-order valence-corrected chi connectivity index (χ1v) is 108. The van der Waals surface area contributed by atoms with Crippen molar-refractivity contribution in [3.8, 4) is 0 Å². The van der Waals surface area contributed by atoms with Crippen LogP contribution >= 0.6 is 0 Å². The Bertz CT molecular complexity index is 3190. The minimum absolute atomic E-state index is 1.08. The summed E-state index contributed by atoms with van der Waals surface area (Å²) in [6, 6.07) is 0. The zero-order valence-corrected chi connectivity index (χ0v) is 83.1. The van der Waals surface area contributed by atoms with Crippen molar-refractivity contribution in [3.63, 3.8) is 0 Å². The zero-order valence-electron chi connectivity index (χ0n) is 47.5. The quantitative estimate of drug-likeness (QED) is 0.0516. The van der Waals surface area contributed by atoms with E-state index in [1.54, 1.807) is 0 Å². The fraction of sp³-hybridized carbons (Fsp3) is 1.00. The van der Waals surface area contributed by atoms with Gasteiger partial charge in [0, 0.05) is 21.3 Å². The van der Waals surface area contributed by atoms with Crippen molar-refractivity contribution >= 4 is 278 Å². The van der Waals surface area contributed by atoms with E-state index in [4.69, 9.17) is 38.7 Å². The molecule has 0 aromatic rings. The van der Waals surface area contributed by atoms with E-state index in [-0.39, 0.29) is 0 Å². The van der Waals surface area contributed by atoms with Gasteiger partial charge in [0.15, 0.2) is 16.6 Å². The summed E-state index contributed by atoms with van der Waals surface area (Å²) in [7, 11) is -131. The van der Waals surface area contributed by atoms with E-state index in [2.05, 4.69) is 58.9 Å². The number of hydrogen-bond acceptors (Lipinski definition) is 36. The standard InChI is InChI=1S/C9H28O3Si4.C6H20O31Si30.O2Si/c1-13(10-14(2,3)4)11-16(8,9)12-15(5,6)7;1-34-67(35-2,36-3)37-38-39(7)40(8)41(9)42(10)43(11)44(12)45(13)46(14)47(15)48(16)49(17)50(18)51(19)52(20)53(21)54(22)55(23)56(24)57(25)58(26)59(27)60(28)61(29)62(30)63(31)64(32)65(33)66(4,5)6;1-3-2/h13H,1-9H3;38H2,1-6H3;. The Hall–Kier alpha value is 1.51. The molecule has 0 fully saturated rings. The Morgan fingerprint density at radius 1 is 0.314 bits per heavy atom. The molecule has 0 heterocycles. The van der Waals surface area contributed by atoms with Crippen LogP contribution in [-0.4, -0.2) is 299 Å². The lowest BCUT2D eigenvalue weighted by molar-refractivity contribution is 0.0534. The van der Waals surface area contributed by atoms with Crippen LogP contribution < -0.4 is 0 Å². The van der Waals surface area contributed by atoms with E-state index in [9.17, 15) is 120 Å². The van der Waals surface area contributed by atoms with Gasteiger partial charge in [0.1, 0.15) is 7.59 Å². The fourth-order valence-electron chi connectivity index (χ4n) is 5.27. The maximum Gasteiger partial charge on any atom is 0.667 e. The SMILES string of the molecule is CO[Si](OC)(OC)O[SiH2][Si](=O)[Si](=O)[Si](=O)[Si](=O)[Si](=O)[Si](=O)[Si](=O)[Si](=O)[Si](=O)[Si](=O)[Si](=O)[Si](=O)[Si](=O)[Si](=O)[Si](=O)[Si](=O)[Si](=O)[Si](=O)[Si](=O)[Si](=O)[Si](=O)[Si](=O)[Si](=O)[Si](=O)[Si](=O)[Si](=O)[Si](=O)[Si](C)(C)C.C[SiH](O[Si](C)(C)C)O[Si](C)(C)O[Si](C)(C)C.O=[Si]=O. The molecule has 1 atom stereocenters. The second-order valence-corrected chi connectivity index (χ2v) is 182. The predicted octanol–water partition coefficient (Wildman–Crippen LogP) is -10.6. The van der Waals surface area contributed by atoms with E-state index >= 15 is 0 Å². The molecule has 36 nitrogen and oxygen atoms in total. The Labute approximate surface area is 531 Å². The minimum Gasteiger partial charge on any atom is -0.439 e. The van der Waals surface area contributed by atoms with Crippen molar-refractivity contribution in [1.82, 2.24) is 0 Å². The summed E-state index contributed by atoms with van der Waals surface area (Å²) < 4.78 is 396. The Morgan fingerprint density at radius 2 is 0.512 bits per heavy atom. The molecule has 0 aromatic carbocycles. The van der Waals surface area contributed by atoms with Gasteiger partial charge in [0.25, 0.3) is 9.28 Å². The van der Waals surface area contributed by atoms with Gasteiger partial charge in [-0.15, -0.1) is 0 Å². The normalized spacial score (nSPS) is 11.6. The molecule has 0 saturated heterocycles. The second kappa shape index (κ2) is 40.8. The van der Waals surface area contributed by atoms with E-state index in [1.807, 2.05) is 0 Å². The third kappa shape index (κ3) is 30.1. The molecule has 0 bridgehead atoms. The molecule has 1 unspecified atom stereocenters. The molecule has 0 saturated carbocycles. The number of rotatable bonds is 39. The van der Waals surface area contributed by atoms with Gasteiger partial charge in [-0.2, -0.15) is 0 Å². The van der Waals surface area contributed by atoms with Crippen molar-refractivity contribution in [1.29, 1.82) is 0 Å². The Balaban J connectivity index is -0.00000308. The number of hydrogen-bond donors (Lipinski definition) is 0. The zero-order chi connectivity index (χ0) is 69.0. The molecule has 0 aliphatic rings. The average Bonchev–Trinajstić information content (AvgIpc) is 3.42. The molecular weight excluding hydrogens is 1740 g/mol. The van der Waals surface area contributed by atoms with Crippen LogP contribution in [0.2, 0.25) is 78.6 Å². The molecule has 0 aromatic heterocycles. The monoisotopic (exact) mass is 1780 g/mol. The third-order valence-electron chi connectivity index (χ3n) is 8.74. The first-order chi connectivity index (χ1) is 38.7.